The molecule has 0 saturated heterocycles. The summed E-state index contributed by atoms with van der Waals surface area (Å²) in [5, 5.41) is 3.17. The van der Waals surface area contributed by atoms with E-state index in [9.17, 15) is 9.18 Å². The van der Waals surface area contributed by atoms with Crippen molar-refractivity contribution in [3.05, 3.63) is 70.7 Å². The molecule has 0 aliphatic carbocycles. The molecule has 0 unspecified atom stereocenters. The van der Waals surface area contributed by atoms with E-state index in [0.717, 1.165) is 5.56 Å². The highest BCUT2D eigenvalue weighted by Crippen LogP contribution is 2.28. The van der Waals surface area contributed by atoms with Gasteiger partial charge in [-0.3, -0.25) is 4.79 Å². The molecule has 1 aromatic heterocycles. The van der Waals surface area contributed by atoms with E-state index >= 15 is 0 Å². The van der Waals surface area contributed by atoms with Crippen LogP contribution in [0.25, 0.3) is 11.3 Å². The Labute approximate surface area is 143 Å². The number of hydrogen-bond acceptors (Lipinski definition) is 3. The molecule has 0 atom stereocenters. The minimum absolute atomic E-state index is 0.116. The maximum atomic E-state index is 13.0. The van der Waals surface area contributed by atoms with E-state index in [1.54, 1.807) is 36.4 Å². The Hall–Kier alpha value is -2.79. The van der Waals surface area contributed by atoms with E-state index in [0.29, 0.717) is 27.7 Å². The number of carbonyl (C=O) groups is 1. The third-order valence-corrected chi connectivity index (χ3v) is 3.94. The third-order valence-electron chi connectivity index (χ3n) is 3.54. The minimum atomic E-state index is -0.449. The highest BCUT2D eigenvalue weighted by molar-refractivity contribution is 6.32. The number of aryl methyl sites for hydroxylation is 1. The van der Waals surface area contributed by atoms with Crippen LogP contribution in [0.2, 0.25) is 5.02 Å². The minimum Gasteiger partial charge on any atom is -0.451 e. The second kappa shape index (κ2) is 6.37. The highest BCUT2D eigenvalue weighted by Gasteiger charge is 2.14. The summed E-state index contributed by atoms with van der Waals surface area (Å²) >= 11 is 6.05. The number of anilines is 2. The predicted octanol–water partition coefficient (Wildman–Crippen LogP) is 4.88. The summed E-state index contributed by atoms with van der Waals surface area (Å²) in [5.41, 5.74) is 8.21. The number of amides is 1. The van der Waals surface area contributed by atoms with Gasteiger partial charge in [-0.15, -0.1) is 0 Å². The second-order valence-corrected chi connectivity index (χ2v) is 5.72. The molecule has 0 saturated carbocycles. The Morgan fingerprint density at radius 2 is 1.88 bits per heavy atom. The van der Waals surface area contributed by atoms with Gasteiger partial charge in [0.2, 0.25) is 0 Å². The first-order valence-corrected chi connectivity index (χ1v) is 7.54. The number of nitrogens with two attached hydrogens (primary N) is 1. The maximum Gasteiger partial charge on any atom is 0.291 e. The van der Waals surface area contributed by atoms with Gasteiger partial charge in [0.1, 0.15) is 11.6 Å². The average molecular weight is 345 g/mol. The number of carbonyl (C=O) groups excluding carboxylic acids is 1. The summed E-state index contributed by atoms with van der Waals surface area (Å²) in [6.07, 6.45) is 0. The van der Waals surface area contributed by atoms with Crippen molar-refractivity contribution >= 4 is 28.9 Å². The number of nitrogens with one attached hydrogen (secondary N) is 1. The van der Waals surface area contributed by atoms with Crippen LogP contribution in [0.4, 0.5) is 15.8 Å². The molecule has 0 aliphatic rings. The Balaban J connectivity index is 1.81. The van der Waals surface area contributed by atoms with Gasteiger partial charge >= 0.3 is 0 Å². The van der Waals surface area contributed by atoms with E-state index in [-0.39, 0.29) is 11.6 Å². The molecule has 3 N–H and O–H groups in total. The van der Waals surface area contributed by atoms with Crippen LogP contribution in [0.3, 0.4) is 0 Å². The van der Waals surface area contributed by atoms with Crippen LogP contribution in [-0.2, 0) is 0 Å². The van der Waals surface area contributed by atoms with Gasteiger partial charge in [-0.2, -0.15) is 0 Å². The molecule has 24 heavy (non-hydrogen) atoms. The molecule has 6 heteroatoms. The van der Waals surface area contributed by atoms with Crippen LogP contribution in [0.5, 0.6) is 0 Å². The van der Waals surface area contributed by atoms with Crippen molar-refractivity contribution in [3.8, 4) is 11.3 Å². The Morgan fingerprint density at radius 3 is 2.58 bits per heavy atom. The van der Waals surface area contributed by atoms with Gasteiger partial charge in [-0.1, -0.05) is 11.6 Å². The molecule has 2 aromatic carbocycles. The molecular formula is C18H14ClFN2O2. The van der Waals surface area contributed by atoms with Crippen molar-refractivity contribution < 1.29 is 13.6 Å². The lowest BCUT2D eigenvalue weighted by atomic mass is 10.2. The quantitative estimate of drug-likeness (QED) is 0.665. The summed E-state index contributed by atoms with van der Waals surface area (Å²) in [4.78, 5) is 12.3. The lowest BCUT2D eigenvalue weighted by Crippen LogP contribution is -2.12. The number of furan rings is 1. The SMILES string of the molecule is Cc1cc(N)c(NC(=O)c2ccc(-c3ccc(F)cc3)o2)cc1Cl. The van der Waals surface area contributed by atoms with Gasteiger partial charge in [0.15, 0.2) is 5.76 Å². The summed E-state index contributed by atoms with van der Waals surface area (Å²) in [6, 6.07) is 12.3. The van der Waals surface area contributed by atoms with Gasteiger partial charge in [0.25, 0.3) is 5.91 Å². The summed E-state index contributed by atoms with van der Waals surface area (Å²) in [6.45, 7) is 1.83. The molecule has 1 amide bonds. The fourth-order valence-electron chi connectivity index (χ4n) is 2.23. The molecule has 4 nitrogen and oxygen atoms in total. The number of hydrogen-bond donors (Lipinski definition) is 2. The molecule has 0 bridgehead atoms. The average Bonchev–Trinajstić information content (AvgIpc) is 3.03. The van der Waals surface area contributed by atoms with Crippen molar-refractivity contribution in [2.24, 2.45) is 0 Å². The van der Waals surface area contributed by atoms with Crippen molar-refractivity contribution in [1.29, 1.82) is 0 Å². The monoisotopic (exact) mass is 344 g/mol. The number of halogens is 2. The topological polar surface area (TPSA) is 68.3 Å². The van der Waals surface area contributed by atoms with Gasteiger partial charge in [-0.25, -0.2) is 4.39 Å². The van der Waals surface area contributed by atoms with Gasteiger partial charge in [-0.05, 0) is 61.0 Å². The van der Waals surface area contributed by atoms with Gasteiger partial charge in [0.05, 0.1) is 11.4 Å². The normalized spacial score (nSPS) is 10.6. The molecule has 0 fully saturated rings. The summed E-state index contributed by atoms with van der Waals surface area (Å²) in [5.74, 6) is -0.203. The van der Waals surface area contributed by atoms with Crippen molar-refractivity contribution in [1.82, 2.24) is 0 Å². The lowest BCUT2D eigenvalue weighted by Gasteiger charge is -2.09. The van der Waals surface area contributed by atoms with E-state index in [2.05, 4.69) is 5.32 Å². The largest absolute Gasteiger partial charge is 0.451 e. The zero-order chi connectivity index (χ0) is 17.3. The zero-order valence-electron chi connectivity index (χ0n) is 12.8. The maximum absolute atomic E-state index is 13.0. The molecule has 0 aliphatic heterocycles. The molecule has 3 aromatic rings. The van der Waals surface area contributed by atoms with E-state index < -0.39 is 5.91 Å². The molecule has 122 valence electrons. The van der Waals surface area contributed by atoms with Crippen molar-refractivity contribution in [2.45, 2.75) is 6.92 Å². The number of nitrogen functional groups attached to an aromatic ring is 1. The van der Waals surface area contributed by atoms with Gasteiger partial charge < -0.3 is 15.5 Å². The summed E-state index contributed by atoms with van der Waals surface area (Å²) < 4.78 is 18.5. The molecule has 1 heterocycles. The van der Waals surface area contributed by atoms with E-state index in [1.165, 1.54) is 12.1 Å². The Bertz CT molecular complexity index is 904. The fraction of sp³-hybridized carbons (Fsp3) is 0.0556. The van der Waals surface area contributed by atoms with Crippen LogP contribution >= 0.6 is 11.6 Å². The first-order chi connectivity index (χ1) is 11.4. The van der Waals surface area contributed by atoms with Crippen molar-refractivity contribution in [3.63, 3.8) is 0 Å². The smallest absolute Gasteiger partial charge is 0.291 e. The number of rotatable bonds is 3. The molecular weight excluding hydrogens is 331 g/mol. The van der Waals surface area contributed by atoms with E-state index in [1.807, 2.05) is 6.92 Å². The van der Waals surface area contributed by atoms with Crippen LogP contribution in [0.1, 0.15) is 16.1 Å². The fourth-order valence-corrected chi connectivity index (χ4v) is 2.39. The number of benzene rings is 2. The van der Waals surface area contributed by atoms with Crippen LogP contribution in [0.15, 0.2) is 52.9 Å². The second-order valence-electron chi connectivity index (χ2n) is 5.31. The Kier molecular flexibility index (Phi) is 4.27. The first kappa shape index (κ1) is 16.1. The standard InChI is InChI=1S/C18H14ClFN2O2/c1-10-8-14(21)15(9-13(10)19)22-18(23)17-7-6-16(24-17)11-2-4-12(20)5-3-11/h2-9H,21H2,1H3,(H,22,23). The first-order valence-electron chi connectivity index (χ1n) is 7.17. The molecule has 3 rings (SSSR count). The zero-order valence-corrected chi connectivity index (χ0v) is 13.5. The van der Waals surface area contributed by atoms with Crippen LogP contribution in [0, 0.1) is 12.7 Å². The third kappa shape index (κ3) is 3.26. The van der Waals surface area contributed by atoms with E-state index in [4.69, 9.17) is 21.8 Å². The van der Waals surface area contributed by atoms with Crippen molar-refractivity contribution in [2.75, 3.05) is 11.1 Å². The highest BCUT2D eigenvalue weighted by atomic mass is 35.5. The van der Waals surface area contributed by atoms with Crippen LogP contribution in [-0.4, -0.2) is 5.91 Å². The molecule has 0 radical (unpaired) electrons. The van der Waals surface area contributed by atoms with Crippen LogP contribution < -0.4 is 11.1 Å². The predicted molar refractivity (Wildman–Crippen MR) is 92.7 cm³/mol. The summed E-state index contributed by atoms with van der Waals surface area (Å²) in [7, 11) is 0. The lowest BCUT2D eigenvalue weighted by molar-refractivity contribution is 0.0997. The Morgan fingerprint density at radius 1 is 1.17 bits per heavy atom. The van der Waals surface area contributed by atoms with Gasteiger partial charge in [0, 0.05) is 10.6 Å². The molecule has 0 spiro atoms.